The van der Waals surface area contributed by atoms with Gasteiger partial charge in [-0.15, -0.1) is 0 Å². The van der Waals surface area contributed by atoms with Gasteiger partial charge < -0.3 is 19.7 Å². The molecule has 8 nitrogen and oxygen atoms in total. The van der Waals surface area contributed by atoms with Crippen molar-refractivity contribution in [2.75, 3.05) is 33.2 Å². The number of carbonyl (C=O) groups excluding carboxylic acids is 2. The summed E-state index contributed by atoms with van der Waals surface area (Å²) in [6.07, 6.45) is 2.08. The number of likely N-dealkylation sites (tertiary alicyclic amines) is 2. The molecule has 0 aromatic carbocycles. The number of likely N-dealkylation sites (N-methyl/N-ethyl adjacent to an activating group) is 1. The summed E-state index contributed by atoms with van der Waals surface area (Å²) < 4.78 is 36.7. The van der Waals surface area contributed by atoms with Gasteiger partial charge in [0.25, 0.3) is 5.91 Å². The van der Waals surface area contributed by atoms with E-state index < -0.39 is 12.1 Å². The van der Waals surface area contributed by atoms with Crippen LogP contribution in [0.15, 0.2) is 23.0 Å². The van der Waals surface area contributed by atoms with Gasteiger partial charge >= 0.3 is 12.1 Å². The third-order valence-corrected chi connectivity index (χ3v) is 5.35. The molecule has 162 valence electrons. The highest BCUT2D eigenvalue weighted by molar-refractivity contribution is 5.93. The van der Waals surface area contributed by atoms with Gasteiger partial charge in [-0.25, -0.2) is 4.79 Å². The molecule has 2 saturated heterocycles. The van der Waals surface area contributed by atoms with Crippen LogP contribution in [0.1, 0.15) is 36.0 Å². The van der Waals surface area contributed by atoms with Gasteiger partial charge in [-0.1, -0.05) is 0 Å². The van der Waals surface area contributed by atoms with Crippen molar-refractivity contribution in [3.05, 3.63) is 24.2 Å². The number of carboxylic acids is 1. The first-order valence-corrected chi connectivity index (χ1v) is 9.16. The molecule has 3 heterocycles. The van der Waals surface area contributed by atoms with Crippen molar-refractivity contribution in [1.29, 1.82) is 0 Å². The third kappa shape index (κ3) is 5.72. The molecule has 2 N–H and O–H groups in total. The van der Waals surface area contributed by atoms with Crippen LogP contribution >= 0.6 is 0 Å². The van der Waals surface area contributed by atoms with E-state index in [2.05, 4.69) is 10.2 Å². The van der Waals surface area contributed by atoms with Crippen LogP contribution in [0.3, 0.4) is 0 Å². The van der Waals surface area contributed by atoms with Crippen LogP contribution < -0.4 is 5.32 Å². The Bertz CT molecular complexity index is 713. The summed E-state index contributed by atoms with van der Waals surface area (Å²) in [6, 6.07) is 1.71. The van der Waals surface area contributed by atoms with Crippen LogP contribution in [0.2, 0.25) is 0 Å². The van der Waals surface area contributed by atoms with Gasteiger partial charge in [0.05, 0.1) is 18.4 Å². The molecule has 2 aliphatic heterocycles. The number of halogens is 3. The summed E-state index contributed by atoms with van der Waals surface area (Å²) in [5.41, 5.74) is 0.712. The zero-order chi connectivity index (χ0) is 21.7. The Kier molecular flexibility index (Phi) is 7.28. The van der Waals surface area contributed by atoms with Gasteiger partial charge in [-0.2, -0.15) is 13.2 Å². The van der Waals surface area contributed by atoms with Crippen molar-refractivity contribution in [3.8, 4) is 0 Å². The van der Waals surface area contributed by atoms with Crippen LogP contribution in [0.5, 0.6) is 0 Å². The number of carbonyl (C=O) groups is 3. The zero-order valence-electron chi connectivity index (χ0n) is 16.0. The maximum Gasteiger partial charge on any atom is 0.490 e. The fourth-order valence-electron chi connectivity index (χ4n) is 3.75. The Hall–Kier alpha value is -2.56. The third-order valence-electron chi connectivity index (χ3n) is 5.35. The first-order valence-electron chi connectivity index (χ1n) is 9.16. The number of alkyl halides is 3. The first-order chi connectivity index (χ1) is 13.6. The lowest BCUT2D eigenvalue weighted by atomic mass is 9.84. The molecule has 0 radical (unpaired) electrons. The van der Waals surface area contributed by atoms with Crippen molar-refractivity contribution >= 4 is 17.8 Å². The molecule has 29 heavy (non-hydrogen) atoms. The Morgan fingerprint density at radius 2 is 1.83 bits per heavy atom. The number of furan rings is 1. The van der Waals surface area contributed by atoms with Crippen LogP contribution in [0, 0.1) is 0 Å². The topological polar surface area (TPSA) is 103 Å². The van der Waals surface area contributed by atoms with Crippen LogP contribution in [-0.2, 0) is 9.59 Å². The maximum atomic E-state index is 12.4. The van der Waals surface area contributed by atoms with E-state index in [4.69, 9.17) is 14.3 Å². The van der Waals surface area contributed by atoms with E-state index in [-0.39, 0.29) is 17.4 Å². The monoisotopic (exact) mass is 419 g/mol. The predicted molar refractivity (Wildman–Crippen MR) is 95.1 cm³/mol. The van der Waals surface area contributed by atoms with E-state index in [1.165, 1.54) is 12.5 Å². The lowest BCUT2D eigenvalue weighted by Gasteiger charge is -2.44. The minimum absolute atomic E-state index is 0.0412. The Labute approximate surface area is 165 Å². The number of hydrogen-bond donors (Lipinski definition) is 2. The molecule has 0 unspecified atom stereocenters. The van der Waals surface area contributed by atoms with Gasteiger partial charge in [0.15, 0.2) is 0 Å². The number of aliphatic carboxylic acids is 1. The van der Waals surface area contributed by atoms with E-state index in [1.54, 1.807) is 13.1 Å². The van der Waals surface area contributed by atoms with Gasteiger partial charge in [0, 0.05) is 25.7 Å². The fourth-order valence-corrected chi connectivity index (χ4v) is 3.75. The summed E-state index contributed by atoms with van der Waals surface area (Å²) in [7, 11) is 1.68. The van der Waals surface area contributed by atoms with E-state index >= 15 is 0 Å². The molecule has 3 rings (SSSR count). The molecule has 2 aliphatic rings. The lowest BCUT2D eigenvalue weighted by molar-refractivity contribution is -0.192. The molecule has 0 bridgehead atoms. The SMILES string of the molecule is CNC(=O)CN1CCCC12CCN(C(=O)c1ccoc1)CC2.O=C(O)C(F)(F)F. The lowest BCUT2D eigenvalue weighted by Crippen LogP contribution is -2.55. The number of nitrogens with one attached hydrogen (secondary N) is 1. The standard InChI is InChI=1S/C16H23N3O3.C2HF3O2/c1-17-14(20)11-19-7-2-4-16(19)5-8-18(9-6-16)15(21)13-3-10-22-12-13;3-2(4,5)1(6)7/h3,10,12H,2,4-9,11H2,1H3,(H,17,20);(H,6,7). The fraction of sp³-hybridized carbons (Fsp3) is 0.611. The van der Waals surface area contributed by atoms with Crippen molar-refractivity contribution in [2.45, 2.75) is 37.4 Å². The van der Waals surface area contributed by atoms with Gasteiger partial charge in [-0.3, -0.25) is 14.5 Å². The quantitative estimate of drug-likeness (QED) is 0.774. The van der Waals surface area contributed by atoms with Crippen molar-refractivity contribution in [2.24, 2.45) is 0 Å². The predicted octanol–water partition coefficient (Wildman–Crippen LogP) is 1.73. The smallest absolute Gasteiger partial charge is 0.475 e. The molecule has 2 amide bonds. The van der Waals surface area contributed by atoms with E-state index in [1.807, 2.05) is 4.90 Å². The van der Waals surface area contributed by atoms with E-state index in [9.17, 15) is 22.8 Å². The summed E-state index contributed by atoms with van der Waals surface area (Å²) >= 11 is 0. The molecular weight excluding hydrogens is 395 g/mol. The summed E-state index contributed by atoms with van der Waals surface area (Å²) in [5, 5.41) is 9.83. The molecular formula is C18H24F3N3O5. The van der Waals surface area contributed by atoms with Crippen LogP contribution in [0.4, 0.5) is 13.2 Å². The molecule has 0 aliphatic carbocycles. The molecule has 1 aromatic rings. The van der Waals surface area contributed by atoms with Crippen molar-refractivity contribution < 1.29 is 37.1 Å². The van der Waals surface area contributed by atoms with Gasteiger partial charge in [-0.05, 0) is 38.3 Å². The van der Waals surface area contributed by atoms with Gasteiger partial charge in [0.2, 0.25) is 5.91 Å². The molecule has 1 aromatic heterocycles. The number of carboxylic acid groups (broad SMARTS) is 1. The van der Waals surface area contributed by atoms with E-state index in [0.29, 0.717) is 12.1 Å². The second-order valence-corrected chi connectivity index (χ2v) is 7.03. The highest BCUT2D eigenvalue weighted by atomic mass is 19.4. The van der Waals surface area contributed by atoms with Crippen molar-refractivity contribution in [3.63, 3.8) is 0 Å². The Balaban J connectivity index is 0.000000370. The minimum Gasteiger partial charge on any atom is -0.475 e. The number of piperidine rings is 1. The summed E-state index contributed by atoms with van der Waals surface area (Å²) in [6.45, 7) is 2.93. The number of amides is 2. The maximum absolute atomic E-state index is 12.4. The Morgan fingerprint density at radius 3 is 2.31 bits per heavy atom. The van der Waals surface area contributed by atoms with E-state index in [0.717, 1.165) is 45.3 Å². The molecule has 0 saturated carbocycles. The minimum atomic E-state index is -5.08. The number of nitrogens with zero attached hydrogens (tertiary/aromatic N) is 2. The molecule has 1 spiro atoms. The van der Waals surface area contributed by atoms with Crippen LogP contribution in [0.25, 0.3) is 0 Å². The first kappa shape index (κ1) is 22.7. The van der Waals surface area contributed by atoms with Crippen LogP contribution in [-0.4, -0.2) is 77.6 Å². The summed E-state index contributed by atoms with van der Waals surface area (Å²) in [5.74, 6) is -2.65. The largest absolute Gasteiger partial charge is 0.490 e. The highest BCUT2D eigenvalue weighted by Gasteiger charge is 2.44. The Morgan fingerprint density at radius 1 is 1.21 bits per heavy atom. The second-order valence-electron chi connectivity index (χ2n) is 7.03. The zero-order valence-corrected chi connectivity index (χ0v) is 16.0. The second kappa shape index (κ2) is 9.29. The average Bonchev–Trinajstić information content (AvgIpc) is 3.33. The molecule has 2 fully saturated rings. The van der Waals surface area contributed by atoms with Gasteiger partial charge in [0.1, 0.15) is 6.26 Å². The van der Waals surface area contributed by atoms with Crippen molar-refractivity contribution in [1.82, 2.24) is 15.1 Å². The average molecular weight is 419 g/mol. The number of rotatable bonds is 3. The number of hydrogen-bond acceptors (Lipinski definition) is 5. The highest BCUT2D eigenvalue weighted by Crippen LogP contribution is 2.38. The molecule has 11 heteroatoms. The summed E-state index contributed by atoms with van der Waals surface area (Å²) in [4.78, 5) is 37.2. The molecule has 0 atom stereocenters. The normalized spacial score (nSPS) is 18.8.